The Kier molecular flexibility index (Phi) is 6.30. The predicted octanol–water partition coefficient (Wildman–Crippen LogP) is 5.24. The summed E-state index contributed by atoms with van der Waals surface area (Å²) in [5, 5.41) is 8.62. The maximum absolute atomic E-state index is 4.89. The number of hydrogen-bond donors (Lipinski definition) is 0. The number of hydrogen-bond acceptors (Lipinski definition) is 5. The maximum Gasteiger partial charge on any atom is 0.247 e. The summed E-state index contributed by atoms with van der Waals surface area (Å²) >= 11 is 0. The molecule has 0 N–H and O–H groups in total. The van der Waals surface area contributed by atoms with Crippen molar-refractivity contribution >= 4 is 17.5 Å². The van der Waals surface area contributed by atoms with Crippen LogP contribution in [0.2, 0.25) is 0 Å². The topological polar surface area (TPSA) is 45.2 Å². The van der Waals surface area contributed by atoms with E-state index in [1.807, 2.05) is 30.3 Å². The Morgan fingerprint density at radius 2 is 1.27 bits per heavy atom. The second-order valence-corrected chi connectivity index (χ2v) is 7.02. The monoisotopic (exact) mass is 395 g/mol. The second kappa shape index (κ2) is 9.65. The molecule has 1 aromatic heterocycles. The van der Waals surface area contributed by atoms with E-state index in [0.717, 1.165) is 24.6 Å². The molecule has 0 spiro atoms. The van der Waals surface area contributed by atoms with Crippen LogP contribution in [0, 0.1) is 0 Å². The zero-order chi connectivity index (χ0) is 20.6. The Bertz CT molecular complexity index is 1040. The highest BCUT2D eigenvalue weighted by molar-refractivity contribution is 5.60. The number of anilines is 3. The third-order valence-corrected chi connectivity index (χ3v) is 4.94. The lowest BCUT2D eigenvalue weighted by Gasteiger charge is -2.26. The Morgan fingerprint density at radius 3 is 1.87 bits per heavy atom. The largest absolute Gasteiger partial charge is 0.335 e. The fraction of sp³-hybridized carbons (Fsp3) is 0.160. The minimum absolute atomic E-state index is 0.632. The van der Waals surface area contributed by atoms with Gasteiger partial charge in [0.2, 0.25) is 5.95 Å². The summed E-state index contributed by atoms with van der Waals surface area (Å²) in [6, 6.07) is 31.0. The summed E-state index contributed by atoms with van der Waals surface area (Å²) in [5.41, 5.74) is 3.50. The molecule has 0 aliphatic heterocycles. The van der Waals surface area contributed by atoms with Gasteiger partial charge in [-0.05, 0) is 30.2 Å². The molecular formula is C25H25N5. The van der Waals surface area contributed by atoms with Gasteiger partial charge in [-0.1, -0.05) is 78.9 Å². The van der Waals surface area contributed by atoms with Gasteiger partial charge in [0.1, 0.15) is 0 Å². The van der Waals surface area contributed by atoms with Crippen LogP contribution in [0.25, 0.3) is 0 Å². The lowest BCUT2D eigenvalue weighted by molar-refractivity contribution is 0.764. The molecule has 5 heteroatoms. The Labute approximate surface area is 177 Å². The average Bonchev–Trinajstić information content (AvgIpc) is 2.83. The van der Waals surface area contributed by atoms with Crippen molar-refractivity contribution in [3.8, 4) is 0 Å². The number of para-hydroxylation sites is 1. The van der Waals surface area contributed by atoms with Crippen molar-refractivity contribution in [1.82, 2.24) is 15.2 Å². The molecule has 0 bridgehead atoms. The molecule has 0 aliphatic rings. The van der Waals surface area contributed by atoms with E-state index in [-0.39, 0.29) is 0 Å². The van der Waals surface area contributed by atoms with Crippen molar-refractivity contribution in [3.05, 3.63) is 108 Å². The number of rotatable bonds is 8. The van der Waals surface area contributed by atoms with Gasteiger partial charge < -0.3 is 9.80 Å². The summed E-state index contributed by atoms with van der Waals surface area (Å²) in [5.74, 6) is 1.41. The molecule has 4 rings (SSSR count). The molecule has 0 fully saturated rings. The van der Waals surface area contributed by atoms with E-state index in [4.69, 9.17) is 4.98 Å². The Balaban J connectivity index is 1.66. The highest BCUT2D eigenvalue weighted by Crippen LogP contribution is 2.26. The van der Waals surface area contributed by atoms with Gasteiger partial charge in [0.25, 0.3) is 0 Å². The molecule has 150 valence electrons. The smallest absolute Gasteiger partial charge is 0.247 e. The molecule has 0 unspecified atom stereocenters. The zero-order valence-corrected chi connectivity index (χ0v) is 17.1. The summed E-state index contributed by atoms with van der Waals surface area (Å²) in [4.78, 5) is 9.20. The van der Waals surface area contributed by atoms with Gasteiger partial charge in [-0.15, -0.1) is 5.10 Å². The van der Waals surface area contributed by atoms with E-state index in [9.17, 15) is 0 Å². The molecule has 0 radical (unpaired) electrons. The van der Waals surface area contributed by atoms with Crippen molar-refractivity contribution in [2.75, 3.05) is 16.3 Å². The second-order valence-electron chi connectivity index (χ2n) is 7.02. The fourth-order valence-corrected chi connectivity index (χ4v) is 3.36. The van der Waals surface area contributed by atoms with E-state index in [1.54, 1.807) is 6.20 Å². The van der Waals surface area contributed by atoms with E-state index in [1.165, 1.54) is 11.1 Å². The summed E-state index contributed by atoms with van der Waals surface area (Å²) in [6.07, 6.45) is 1.73. The summed E-state index contributed by atoms with van der Waals surface area (Å²) < 4.78 is 0. The van der Waals surface area contributed by atoms with Crippen LogP contribution in [-0.4, -0.2) is 21.7 Å². The number of benzene rings is 3. The van der Waals surface area contributed by atoms with Gasteiger partial charge >= 0.3 is 0 Å². The first-order chi connectivity index (χ1) is 14.8. The molecule has 0 saturated heterocycles. The molecule has 4 aromatic rings. The van der Waals surface area contributed by atoms with Gasteiger partial charge in [0.15, 0.2) is 5.82 Å². The average molecular weight is 396 g/mol. The summed E-state index contributed by atoms with van der Waals surface area (Å²) in [6.45, 7) is 4.35. The highest BCUT2D eigenvalue weighted by Gasteiger charge is 2.16. The zero-order valence-electron chi connectivity index (χ0n) is 17.1. The van der Waals surface area contributed by atoms with Crippen molar-refractivity contribution in [1.29, 1.82) is 0 Å². The minimum Gasteiger partial charge on any atom is -0.335 e. The fourth-order valence-electron chi connectivity index (χ4n) is 3.36. The molecule has 30 heavy (non-hydrogen) atoms. The molecule has 0 saturated carbocycles. The van der Waals surface area contributed by atoms with Crippen LogP contribution < -0.4 is 9.80 Å². The third kappa shape index (κ3) is 4.81. The van der Waals surface area contributed by atoms with Crippen LogP contribution in [0.5, 0.6) is 0 Å². The predicted molar refractivity (Wildman–Crippen MR) is 122 cm³/mol. The standard InChI is InChI=1S/C25H25N5/c1-2-29(19-21-12-6-3-7-13-21)25-27-24(18-26-28-25)30(23-16-10-5-11-17-23)20-22-14-8-4-9-15-22/h3-18H,2,19-20H2,1H3. The van der Waals surface area contributed by atoms with Gasteiger partial charge in [-0.25, -0.2) is 0 Å². The number of nitrogens with zero attached hydrogens (tertiary/aromatic N) is 5. The lowest BCUT2D eigenvalue weighted by atomic mass is 10.2. The van der Waals surface area contributed by atoms with Crippen molar-refractivity contribution in [2.45, 2.75) is 20.0 Å². The van der Waals surface area contributed by atoms with E-state index >= 15 is 0 Å². The van der Waals surface area contributed by atoms with Gasteiger partial charge in [-0.2, -0.15) is 10.1 Å². The maximum atomic E-state index is 4.89. The van der Waals surface area contributed by atoms with Crippen molar-refractivity contribution in [3.63, 3.8) is 0 Å². The Morgan fingerprint density at radius 1 is 0.700 bits per heavy atom. The highest BCUT2D eigenvalue weighted by atomic mass is 15.3. The molecule has 0 aliphatic carbocycles. The van der Waals surface area contributed by atoms with Gasteiger partial charge in [-0.3, -0.25) is 0 Å². The lowest BCUT2D eigenvalue weighted by Crippen LogP contribution is -2.26. The summed E-state index contributed by atoms with van der Waals surface area (Å²) in [7, 11) is 0. The van der Waals surface area contributed by atoms with Crippen LogP contribution in [0.4, 0.5) is 17.5 Å². The third-order valence-electron chi connectivity index (χ3n) is 4.94. The molecule has 3 aromatic carbocycles. The molecule has 1 heterocycles. The van der Waals surface area contributed by atoms with Crippen molar-refractivity contribution in [2.24, 2.45) is 0 Å². The first kappa shape index (κ1) is 19.6. The van der Waals surface area contributed by atoms with Crippen LogP contribution in [0.15, 0.2) is 97.2 Å². The first-order valence-electron chi connectivity index (χ1n) is 10.2. The van der Waals surface area contributed by atoms with Crippen molar-refractivity contribution < 1.29 is 0 Å². The van der Waals surface area contributed by atoms with Crippen LogP contribution in [0.1, 0.15) is 18.1 Å². The molecular weight excluding hydrogens is 370 g/mol. The SMILES string of the molecule is CCN(Cc1ccccc1)c1nncc(N(Cc2ccccc2)c2ccccc2)n1. The van der Waals surface area contributed by atoms with Gasteiger partial charge in [0, 0.05) is 25.3 Å². The van der Waals surface area contributed by atoms with E-state index in [2.05, 4.69) is 87.6 Å². The quantitative estimate of drug-likeness (QED) is 0.408. The van der Waals surface area contributed by atoms with Crippen LogP contribution in [-0.2, 0) is 13.1 Å². The van der Waals surface area contributed by atoms with Crippen LogP contribution in [0.3, 0.4) is 0 Å². The van der Waals surface area contributed by atoms with E-state index < -0.39 is 0 Å². The molecule has 0 amide bonds. The molecule has 5 nitrogen and oxygen atoms in total. The normalized spacial score (nSPS) is 10.6. The first-order valence-corrected chi connectivity index (χ1v) is 10.2. The minimum atomic E-state index is 0.632. The molecule has 0 atom stereocenters. The van der Waals surface area contributed by atoms with Gasteiger partial charge in [0.05, 0.1) is 6.20 Å². The van der Waals surface area contributed by atoms with E-state index in [0.29, 0.717) is 12.5 Å². The Hall–Kier alpha value is -3.73. The number of aromatic nitrogens is 3. The van der Waals surface area contributed by atoms with Crippen LogP contribution >= 0.6 is 0 Å².